The molecule has 1 amide bonds. The number of carbonyl (C=O) groups is 3. The highest BCUT2D eigenvalue weighted by molar-refractivity contribution is 5.87. The molecule has 0 atom stereocenters. The minimum absolute atomic E-state index is 0.0199. The van der Waals surface area contributed by atoms with E-state index in [1.54, 1.807) is 31.2 Å². The molecular weight excluding hydrogens is 352 g/mol. The van der Waals surface area contributed by atoms with Crippen LogP contribution < -0.4 is 0 Å². The zero-order valence-corrected chi connectivity index (χ0v) is 14.8. The maximum atomic E-state index is 12.3. The van der Waals surface area contributed by atoms with Gasteiger partial charge in [0, 0.05) is 0 Å². The van der Waals surface area contributed by atoms with Crippen molar-refractivity contribution >= 4 is 18.0 Å². The molecule has 1 heterocycles. The first kappa shape index (κ1) is 19.9. The summed E-state index contributed by atoms with van der Waals surface area (Å²) in [6.45, 7) is 1.24. The number of esters is 1. The minimum atomic E-state index is -1.19. The van der Waals surface area contributed by atoms with Crippen LogP contribution in [0.25, 0.3) is 0 Å². The first-order chi connectivity index (χ1) is 13.0. The number of carboxylic acid groups (broad SMARTS) is 1. The van der Waals surface area contributed by atoms with Gasteiger partial charge in [0.1, 0.15) is 18.8 Å². The Morgan fingerprint density at radius 1 is 1.04 bits per heavy atom. The minimum Gasteiger partial charge on any atom is -0.480 e. The Morgan fingerprint density at radius 3 is 2.44 bits per heavy atom. The van der Waals surface area contributed by atoms with Gasteiger partial charge in [-0.1, -0.05) is 36.4 Å². The van der Waals surface area contributed by atoms with E-state index in [-0.39, 0.29) is 25.5 Å². The lowest BCUT2D eigenvalue weighted by atomic mass is 10.2. The molecule has 0 radical (unpaired) electrons. The van der Waals surface area contributed by atoms with E-state index in [4.69, 9.17) is 14.6 Å². The number of aromatic nitrogens is 1. The van der Waals surface area contributed by atoms with Gasteiger partial charge in [-0.2, -0.15) is 0 Å². The normalized spacial score (nSPS) is 10.1. The average molecular weight is 372 g/mol. The van der Waals surface area contributed by atoms with E-state index in [0.29, 0.717) is 5.69 Å². The second-order valence-electron chi connectivity index (χ2n) is 5.52. The molecule has 1 N–H and O–H groups in total. The number of hydrogen-bond donors (Lipinski definition) is 1. The lowest BCUT2D eigenvalue weighted by Gasteiger charge is -2.20. The van der Waals surface area contributed by atoms with Crippen molar-refractivity contribution in [2.75, 3.05) is 13.2 Å². The van der Waals surface area contributed by atoms with Crippen molar-refractivity contribution in [1.82, 2.24) is 9.88 Å². The van der Waals surface area contributed by atoms with Crippen LogP contribution in [-0.4, -0.2) is 46.2 Å². The molecule has 0 fully saturated rings. The lowest BCUT2D eigenvalue weighted by molar-refractivity contribution is -0.138. The molecule has 1 aromatic carbocycles. The summed E-state index contributed by atoms with van der Waals surface area (Å²) in [5, 5.41) is 9.06. The summed E-state index contributed by atoms with van der Waals surface area (Å²) in [5.41, 5.74) is 1.21. The lowest BCUT2D eigenvalue weighted by Crippen LogP contribution is -2.36. The van der Waals surface area contributed by atoms with Gasteiger partial charge >= 0.3 is 18.0 Å². The predicted octanol–water partition coefficient (Wildman–Crippen LogP) is 2.48. The van der Waals surface area contributed by atoms with Crippen molar-refractivity contribution in [2.24, 2.45) is 0 Å². The van der Waals surface area contributed by atoms with Crippen molar-refractivity contribution in [3.05, 3.63) is 65.5 Å². The molecule has 0 aliphatic carbocycles. The van der Waals surface area contributed by atoms with Crippen LogP contribution in [0.1, 0.15) is 28.7 Å². The van der Waals surface area contributed by atoms with Crippen LogP contribution in [0.5, 0.6) is 0 Å². The highest BCUT2D eigenvalue weighted by atomic mass is 16.6. The predicted molar refractivity (Wildman–Crippen MR) is 94.9 cm³/mol. The number of hydrogen-bond acceptors (Lipinski definition) is 6. The number of pyridine rings is 1. The van der Waals surface area contributed by atoms with Crippen molar-refractivity contribution in [1.29, 1.82) is 0 Å². The third kappa shape index (κ3) is 6.43. The number of benzene rings is 1. The number of aliphatic carboxylic acids is 1. The first-order valence-electron chi connectivity index (χ1n) is 8.30. The molecular formula is C19H20N2O6. The summed E-state index contributed by atoms with van der Waals surface area (Å²) in [6, 6.07) is 13.7. The molecule has 0 spiro atoms. The summed E-state index contributed by atoms with van der Waals surface area (Å²) in [6.07, 6.45) is -0.787. The van der Waals surface area contributed by atoms with Crippen molar-refractivity contribution < 1.29 is 29.0 Å². The molecule has 8 nitrogen and oxygen atoms in total. The Balaban J connectivity index is 2.07. The number of carbonyl (C=O) groups excluding carboxylic acids is 2. The Hall–Kier alpha value is -3.42. The summed E-state index contributed by atoms with van der Waals surface area (Å²) >= 11 is 0. The van der Waals surface area contributed by atoms with Crippen LogP contribution >= 0.6 is 0 Å². The summed E-state index contributed by atoms with van der Waals surface area (Å²) in [5.74, 6) is -1.77. The second-order valence-corrected chi connectivity index (χ2v) is 5.52. The Bertz CT molecular complexity index is 794. The van der Waals surface area contributed by atoms with Crippen LogP contribution in [0.4, 0.5) is 4.79 Å². The first-order valence-corrected chi connectivity index (χ1v) is 8.30. The van der Waals surface area contributed by atoms with E-state index in [2.05, 4.69) is 4.98 Å². The SMILES string of the molecule is CCOC(=O)c1cccc(CN(CC(=O)O)C(=O)OCc2ccccc2)n1. The maximum absolute atomic E-state index is 12.3. The summed E-state index contributed by atoms with van der Waals surface area (Å²) < 4.78 is 10.1. The van der Waals surface area contributed by atoms with Gasteiger partial charge in [0.15, 0.2) is 0 Å². The number of ether oxygens (including phenoxy) is 2. The second kappa shape index (κ2) is 9.91. The van der Waals surface area contributed by atoms with Gasteiger partial charge in [-0.3, -0.25) is 9.69 Å². The van der Waals surface area contributed by atoms with Crippen LogP contribution in [0.15, 0.2) is 48.5 Å². The van der Waals surface area contributed by atoms with Gasteiger partial charge in [0.25, 0.3) is 0 Å². The standard InChI is InChI=1S/C19H20N2O6/c1-2-26-18(24)16-10-6-9-15(20-16)11-21(12-17(22)23)19(25)27-13-14-7-4-3-5-8-14/h3-10H,2,11-13H2,1H3,(H,22,23). The molecule has 8 heteroatoms. The van der Waals surface area contributed by atoms with Gasteiger partial charge < -0.3 is 14.6 Å². The van der Waals surface area contributed by atoms with Gasteiger partial charge in [-0.15, -0.1) is 0 Å². The van der Waals surface area contributed by atoms with E-state index in [0.717, 1.165) is 10.5 Å². The third-order valence-electron chi connectivity index (χ3n) is 3.43. The molecule has 142 valence electrons. The Kier molecular flexibility index (Phi) is 7.30. The highest BCUT2D eigenvalue weighted by Crippen LogP contribution is 2.09. The van der Waals surface area contributed by atoms with Gasteiger partial charge in [-0.25, -0.2) is 14.6 Å². The van der Waals surface area contributed by atoms with Crippen LogP contribution in [-0.2, 0) is 27.4 Å². The molecule has 0 aliphatic heterocycles. The van der Waals surface area contributed by atoms with Crippen LogP contribution in [0.3, 0.4) is 0 Å². The van der Waals surface area contributed by atoms with E-state index in [9.17, 15) is 14.4 Å². The maximum Gasteiger partial charge on any atom is 0.410 e. The Morgan fingerprint density at radius 2 is 1.78 bits per heavy atom. The number of rotatable bonds is 8. The van der Waals surface area contributed by atoms with Crippen LogP contribution in [0, 0.1) is 0 Å². The van der Waals surface area contributed by atoms with Gasteiger partial charge in [0.05, 0.1) is 18.8 Å². The monoisotopic (exact) mass is 372 g/mol. The highest BCUT2D eigenvalue weighted by Gasteiger charge is 2.20. The zero-order valence-electron chi connectivity index (χ0n) is 14.8. The van der Waals surface area contributed by atoms with Gasteiger partial charge in [0.2, 0.25) is 0 Å². The van der Waals surface area contributed by atoms with Crippen molar-refractivity contribution in [3.63, 3.8) is 0 Å². The number of carboxylic acids is 1. The van der Waals surface area contributed by atoms with Crippen molar-refractivity contribution in [2.45, 2.75) is 20.1 Å². The number of amides is 1. The topological polar surface area (TPSA) is 106 Å². The molecule has 0 saturated carbocycles. The molecule has 1 aromatic heterocycles. The fourth-order valence-electron chi connectivity index (χ4n) is 2.24. The summed E-state index contributed by atoms with van der Waals surface area (Å²) in [4.78, 5) is 40.3. The quantitative estimate of drug-likeness (QED) is 0.710. The molecule has 27 heavy (non-hydrogen) atoms. The van der Waals surface area contributed by atoms with Gasteiger partial charge in [-0.05, 0) is 24.6 Å². The van der Waals surface area contributed by atoms with Crippen molar-refractivity contribution in [3.8, 4) is 0 Å². The molecule has 0 bridgehead atoms. The average Bonchev–Trinajstić information content (AvgIpc) is 2.66. The largest absolute Gasteiger partial charge is 0.480 e. The summed E-state index contributed by atoms with van der Waals surface area (Å²) in [7, 11) is 0. The van der Waals surface area contributed by atoms with E-state index < -0.39 is 24.6 Å². The smallest absolute Gasteiger partial charge is 0.410 e. The Labute approximate surface area is 156 Å². The van der Waals surface area contributed by atoms with E-state index >= 15 is 0 Å². The molecule has 2 aromatic rings. The van der Waals surface area contributed by atoms with E-state index in [1.165, 1.54) is 6.07 Å². The molecule has 0 saturated heterocycles. The molecule has 0 aliphatic rings. The molecule has 2 rings (SSSR count). The number of nitrogens with zero attached hydrogens (tertiary/aromatic N) is 2. The fourth-order valence-corrected chi connectivity index (χ4v) is 2.24. The molecule has 0 unspecified atom stereocenters. The van der Waals surface area contributed by atoms with E-state index in [1.807, 2.05) is 18.2 Å². The van der Waals surface area contributed by atoms with Crippen LogP contribution in [0.2, 0.25) is 0 Å². The zero-order chi connectivity index (χ0) is 19.6. The third-order valence-corrected chi connectivity index (χ3v) is 3.43. The fraction of sp³-hybridized carbons (Fsp3) is 0.263.